The molecular formula is C16H19FN4O3. The number of hydrogen-bond acceptors (Lipinski definition) is 5. The maximum Gasteiger partial charge on any atom is 0.249 e. The number of piperidine rings is 1. The third-order valence-corrected chi connectivity index (χ3v) is 4.24. The van der Waals surface area contributed by atoms with Crippen LogP contribution in [0.2, 0.25) is 0 Å². The van der Waals surface area contributed by atoms with Crippen molar-refractivity contribution >= 4 is 29.1 Å². The van der Waals surface area contributed by atoms with E-state index in [2.05, 4.69) is 21.3 Å². The summed E-state index contributed by atoms with van der Waals surface area (Å²) in [4.78, 5) is 34.8. The van der Waals surface area contributed by atoms with E-state index in [1.807, 2.05) is 0 Å². The molecule has 0 aromatic heterocycles. The third kappa shape index (κ3) is 3.70. The first-order valence-corrected chi connectivity index (χ1v) is 7.94. The lowest BCUT2D eigenvalue weighted by molar-refractivity contribution is -0.133. The van der Waals surface area contributed by atoms with Crippen molar-refractivity contribution < 1.29 is 18.8 Å². The van der Waals surface area contributed by atoms with Gasteiger partial charge in [0.1, 0.15) is 11.9 Å². The monoisotopic (exact) mass is 334 g/mol. The van der Waals surface area contributed by atoms with Crippen molar-refractivity contribution in [2.24, 2.45) is 5.92 Å². The van der Waals surface area contributed by atoms with E-state index in [1.54, 1.807) is 6.07 Å². The van der Waals surface area contributed by atoms with Crippen LogP contribution >= 0.6 is 0 Å². The lowest BCUT2D eigenvalue weighted by Crippen LogP contribution is -2.47. The van der Waals surface area contributed by atoms with Crippen molar-refractivity contribution in [3.05, 3.63) is 24.0 Å². The zero-order valence-corrected chi connectivity index (χ0v) is 13.0. The van der Waals surface area contributed by atoms with E-state index in [-0.39, 0.29) is 29.8 Å². The fourth-order valence-electron chi connectivity index (χ4n) is 2.85. The van der Waals surface area contributed by atoms with Crippen molar-refractivity contribution in [3.8, 4) is 0 Å². The van der Waals surface area contributed by atoms with Gasteiger partial charge in [-0.1, -0.05) is 0 Å². The smallest absolute Gasteiger partial charge is 0.249 e. The Labute approximate surface area is 138 Å². The quantitative estimate of drug-likeness (QED) is 0.604. The van der Waals surface area contributed by atoms with Crippen LogP contribution in [0, 0.1) is 11.7 Å². The molecule has 0 spiro atoms. The van der Waals surface area contributed by atoms with Crippen LogP contribution in [0.25, 0.3) is 0 Å². The van der Waals surface area contributed by atoms with Gasteiger partial charge in [0.25, 0.3) is 0 Å². The number of hydrogen-bond donors (Lipinski definition) is 4. The fourth-order valence-corrected chi connectivity index (χ4v) is 2.85. The molecule has 1 aromatic carbocycles. The lowest BCUT2D eigenvalue weighted by Gasteiger charge is -2.23. The first-order chi connectivity index (χ1) is 11.5. The molecule has 1 unspecified atom stereocenters. The van der Waals surface area contributed by atoms with Crippen LogP contribution in [0.1, 0.15) is 19.3 Å². The van der Waals surface area contributed by atoms with Crippen LogP contribution in [0.15, 0.2) is 18.2 Å². The second kappa shape index (κ2) is 6.96. The Morgan fingerprint density at radius 1 is 1.25 bits per heavy atom. The highest BCUT2D eigenvalue weighted by Gasteiger charge is 2.27. The Bertz CT molecular complexity index is 673. The first-order valence-electron chi connectivity index (χ1n) is 7.94. The molecule has 1 aromatic rings. The number of benzene rings is 1. The Morgan fingerprint density at radius 3 is 2.75 bits per heavy atom. The first kappa shape index (κ1) is 16.4. The number of carbonyl (C=O) groups is 3. The van der Waals surface area contributed by atoms with Gasteiger partial charge >= 0.3 is 0 Å². The minimum absolute atomic E-state index is 0.112. The van der Waals surface area contributed by atoms with Gasteiger partial charge < -0.3 is 16.0 Å². The molecule has 2 fully saturated rings. The van der Waals surface area contributed by atoms with E-state index in [9.17, 15) is 18.8 Å². The number of nitrogens with one attached hydrogen (secondary N) is 4. The Hall–Kier alpha value is -2.48. The number of amides is 3. The molecule has 24 heavy (non-hydrogen) atoms. The summed E-state index contributed by atoms with van der Waals surface area (Å²) in [5.74, 6) is -1.65. The third-order valence-electron chi connectivity index (χ3n) is 4.24. The molecule has 3 rings (SSSR count). The van der Waals surface area contributed by atoms with Gasteiger partial charge in [0.15, 0.2) is 0 Å². The fraction of sp³-hybridized carbons (Fsp3) is 0.438. The number of halogens is 1. The summed E-state index contributed by atoms with van der Waals surface area (Å²) in [6.45, 7) is 1.39. The summed E-state index contributed by atoms with van der Waals surface area (Å²) in [7, 11) is 0. The predicted octanol–water partition coefficient (Wildman–Crippen LogP) is 0.591. The summed E-state index contributed by atoms with van der Waals surface area (Å²) >= 11 is 0. The summed E-state index contributed by atoms with van der Waals surface area (Å²) in [5.41, 5.74) is 0.531. The molecule has 8 heteroatoms. The van der Waals surface area contributed by atoms with Crippen molar-refractivity contribution in [1.29, 1.82) is 0 Å². The number of rotatable bonds is 4. The van der Waals surface area contributed by atoms with Crippen LogP contribution in [-0.4, -0.2) is 36.9 Å². The van der Waals surface area contributed by atoms with Gasteiger partial charge in [-0.25, -0.2) is 4.39 Å². The maximum atomic E-state index is 14.2. The Balaban J connectivity index is 1.63. The average molecular weight is 334 g/mol. The minimum atomic E-state index is -0.577. The highest BCUT2D eigenvalue weighted by Crippen LogP contribution is 2.22. The zero-order valence-electron chi connectivity index (χ0n) is 13.0. The molecule has 4 N–H and O–H groups in total. The largest absolute Gasteiger partial charge is 0.374 e. The molecule has 128 valence electrons. The molecule has 0 bridgehead atoms. The molecule has 2 aliphatic heterocycles. The van der Waals surface area contributed by atoms with E-state index >= 15 is 0 Å². The normalized spacial score (nSPS) is 23.7. The van der Waals surface area contributed by atoms with Gasteiger partial charge in [-0.05, 0) is 37.6 Å². The maximum absolute atomic E-state index is 14.2. The second-order valence-electron chi connectivity index (χ2n) is 6.02. The van der Waals surface area contributed by atoms with Crippen molar-refractivity contribution in [1.82, 2.24) is 10.6 Å². The molecule has 0 saturated carbocycles. The summed E-state index contributed by atoms with van der Waals surface area (Å²) < 4.78 is 14.2. The number of imide groups is 1. The minimum Gasteiger partial charge on any atom is -0.374 e. The summed E-state index contributed by atoms with van der Waals surface area (Å²) in [5, 5.41) is 10.8. The predicted molar refractivity (Wildman–Crippen MR) is 85.8 cm³/mol. The van der Waals surface area contributed by atoms with Crippen molar-refractivity contribution in [2.75, 3.05) is 23.7 Å². The molecule has 7 nitrogen and oxygen atoms in total. The summed E-state index contributed by atoms with van der Waals surface area (Å²) in [6.07, 6.45) is 1.34. The van der Waals surface area contributed by atoms with Gasteiger partial charge in [0.2, 0.25) is 17.7 Å². The SMILES string of the molecule is O=C1CCC(Nc2ccc(NC(=O)[C@H]3CCNC3)c(F)c2)C(=O)N1. The lowest BCUT2D eigenvalue weighted by atomic mass is 10.1. The molecule has 2 aliphatic rings. The van der Waals surface area contributed by atoms with Gasteiger partial charge in [0, 0.05) is 18.7 Å². The second-order valence-corrected chi connectivity index (χ2v) is 6.02. The zero-order chi connectivity index (χ0) is 17.1. The van der Waals surface area contributed by atoms with Crippen molar-refractivity contribution in [3.63, 3.8) is 0 Å². The van der Waals surface area contributed by atoms with Gasteiger partial charge in [0.05, 0.1) is 11.6 Å². The molecular weight excluding hydrogens is 315 g/mol. The molecule has 0 aliphatic carbocycles. The average Bonchev–Trinajstić information content (AvgIpc) is 3.07. The standard InChI is InChI=1S/C16H19FN4O3/c17-11-7-10(19-13-3-4-14(22)21-16(13)24)1-2-12(11)20-15(23)9-5-6-18-8-9/h1-2,7,9,13,18-19H,3-6,8H2,(H,20,23)(H,21,22,24)/t9-,13?/m0/s1. The molecule has 2 heterocycles. The summed E-state index contributed by atoms with van der Waals surface area (Å²) in [6, 6.07) is 3.71. The number of carbonyl (C=O) groups excluding carboxylic acids is 3. The van der Waals surface area contributed by atoms with Crippen LogP contribution in [-0.2, 0) is 14.4 Å². The highest BCUT2D eigenvalue weighted by molar-refractivity contribution is 6.01. The highest BCUT2D eigenvalue weighted by atomic mass is 19.1. The number of anilines is 2. The van der Waals surface area contributed by atoms with Gasteiger partial charge in [-0.2, -0.15) is 0 Å². The van der Waals surface area contributed by atoms with E-state index in [1.165, 1.54) is 12.1 Å². The van der Waals surface area contributed by atoms with E-state index < -0.39 is 17.8 Å². The van der Waals surface area contributed by atoms with Gasteiger partial charge in [-0.3, -0.25) is 19.7 Å². The Morgan fingerprint density at radius 2 is 2.08 bits per heavy atom. The molecule has 3 amide bonds. The van der Waals surface area contributed by atoms with E-state index in [0.717, 1.165) is 13.0 Å². The molecule has 2 atom stereocenters. The van der Waals surface area contributed by atoms with Crippen LogP contribution in [0.4, 0.5) is 15.8 Å². The molecule has 2 saturated heterocycles. The van der Waals surface area contributed by atoms with Gasteiger partial charge in [-0.15, -0.1) is 0 Å². The topological polar surface area (TPSA) is 99.3 Å². The van der Waals surface area contributed by atoms with Crippen LogP contribution < -0.4 is 21.3 Å². The van der Waals surface area contributed by atoms with Crippen LogP contribution in [0.5, 0.6) is 0 Å². The van der Waals surface area contributed by atoms with Crippen LogP contribution in [0.3, 0.4) is 0 Å². The Kier molecular flexibility index (Phi) is 4.75. The van der Waals surface area contributed by atoms with E-state index in [4.69, 9.17) is 0 Å². The van der Waals surface area contributed by atoms with E-state index in [0.29, 0.717) is 18.7 Å². The molecule has 0 radical (unpaired) electrons. The van der Waals surface area contributed by atoms with Crippen molar-refractivity contribution in [2.45, 2.75) is 25.3 Å².